The standard InChI is InChI=1S/C14H21F3N2O3/c1-13(2,18-11(20)14(15,16)17)12(21)19-7-8-22-10-6-4-3-5-9(10)19/h9-10H,3-8H2,1-2H3,(H,18,20)/t9-,10+/m1/s1. The second-order valence-corrected chi connectivity index (χ2v) is 6.34. The lowest BCUT2D eigenvalue weighted by molar-refractivity contribution is -0.178. The van der Waals surface area contributed by atoms with Crippen molar-refractivity contribution in [2.24, 2.45) is 0 Å². The number of alkyl halides is 3. The molecule has 0 unspecified atom stereocenters. The van der Waals surface area contributed by atoms with Crippen LogP contribution in [0.25, 0.3) is 0 Å². The number of halogens is 3. The lowest BCUT2D eigenvalue weighted by Crippen LogP contribution is -2.64. The van der Waals surface area contributed by atoms with Crippen molar-refractivity contribution in [1.29, 1.82) is 0 Å². The number of morpholine rings is 1. The average molecular weight is 322 g/mol. The van der Waals surface area contributed by atoms with Gasteiger partial charge in [0.15, 0.2) is 0 Å². The van der Waals surface area contributed by atoms with E-state index in [9.17, 15) is 22.8 Å². The molecule has 1 N–H and O–H groups in total. The first-order valence-corrected chi connectivity index (χ1v) is 7.45. The van der Waals surface area contributed by atoms with Crippen LogP contribution in [-0.4, -0.2) is 53.7 Å². The number of hydrogen-bond acceptors (Lipinski definition) is 3. The van der Waals surface area contributed by atoms with Crippen LogP contribution < -0.4 is 5.32 Å². The summed E-state index contributed by atoms with van der Waals surface area (Å²) in [5.41, 5.74) is -1.61. The highest BCUT2D eigenvalue weighted by Crippen LogP contribution is 2.30. The van der Waals surface area contributed by atoms with Gasteiger partial charge in [-0.05, 0) is 26.7 Å². The Bertz CT molecular complexity index is 449. The molecule has 1 saturated heterocycles. The van der Waals surface area contributed by atoms with Crippen LogP contribution in [0.15, 0.2) is 0 Å². The first-order chi connectivity index (χ1) is 10.1. The number of nitrogens with one attached hydrogen (secondary N) is 1. The monoisotopic (exact) mass is 322 g/mol. The van der Waals surface area contributed by atoms with Crippen molar-refractivity contribution in [2.75, 3.05) is 13.2 Å². The topological polar surface area (TPSA) is 58.6 Å². The van der Waals surface area contributed by atoms with Crippen molar-refractivity contribution in [3.05, 3.63) is 0 Å². The summed E-state index contributed by atoms with van der Waals surface area (Å²) >= 11 is 0. The quantitative estimate of drug-likeness (QED) is 0.840. The van der Waals surface area contributed by atoms with Gasteiger partial charge in [0.25, 0.3) is 0 Å². The molecule has 5 nitrogen and oxygen atoms in total. The minimum absolute atomic E-state index is 0.0550. The number of amides is 2. The van der Waals surface area contributed by atoms with E-state index in [2.05, 4.69) is 0 Å². The maximum atomic E-state index is 12.6. The highest BCUT2D eigenvalue weighted by Gasteiger charge is 2.46. The van der Waals surface area contributed by atoms with Crippen molar-refractivity contribution in [1.82, 2.24) is 10.2 Å². The number of hydrogen-bond donors (Lipinski definition) is 1. The first-order valence-electron chi connectivity index (χ1n) is 7.45. The molecule has 1 aliphatic carbocycles. The Morgan fingerprint density at radius 1 is 1.18 bits per heavy atom. The van der Waals surface area contributed by atoms with Crippen LogP contribution in [0.2, 0.25) is 0 Å². The zero-order chi connectivity index (χ0) is 16.5. The molecule has 2 aliphatic rings. The van der Waals surface area contributed by atoms with Gasteiger partial charge in [0, 0.05) is 6.54 Å². The van der Waals surface area contributed by atoms with Gasteiger partial charge >= 0.3 is 12.1 Å². The van der Waals surface area contributed by atoms with E-state index < -0.39 is 23.5 Å². The van der Waals surface area contributed by atoms with E-state index in [4.69, 9.17) is 4.74 Å². The average Bonchev–Trinajstić information content (AvgIpc) is 2.44. The zero-order valence-electron chi connectivity index (χ0n) is 12.7. The molecule has 2 fully saturated rings. The lowest BCUT2D eigenvalue weighted by Gasteiger charge is -2.46. The van der Waals surface area contributed by atoms with Gasteiger partial charge in [0.05, 0.1) is 18.8 Å². The maximum Gasteiger partial charge on any atom is 0.471 e. The molecular formula is C14H21F3N2O3. The van der Waals surface area contributed by atoms with Gasteiger partial charge in [0.2, 0.25) is 5.91 Å². The van der Waals surface area contributed by atoms with Crippen LogP contribution in [-0.2, 0) is 14.3 Å². The molecule has 0 aromatic heterocycles. The fourth-order valence-corrected chi connectivity index (χ4v) is 3.12. The van der Waals surface area contributed by atoms with Crippen LogP contribution in [0.1, 0.15) is 39.5 Å². The minimum atomic E-state index is -5.00. The predicted octanol–water partition coefficient (Wildman–Crippen LogP) is 1.61. The third-order valence-electron chi connectivity index (χ3n) is 4.21. The van der Waals surface area contributed by atoms with Gasteiger partial charge in [-0.2, -0.15) is 13.2 Å². The van der Waals surface area contributed by atoms with Gasteiger partial charge in [-0.1, -0.05) is 12.8 Å². The van der Waals surface area contributed by atoms with E-state index in [1.54, 1.807) is 10.2 Å². The Morgan fingerprint density at radius 2 is 1.82 bits per heavy atom. The Hall–Kier alpha value is -1.31. The van der Waals surface area contributed by atoms with E-state index in [0.29, 0.717) is 13.2 Å². The van der Waals surface area contributed by atoms with Gasteiger partial charge < -0.3 is 15.0 Å². The molecule has 2 rings (SSSR count). The highest BCUT2D eigenvalue weighted by molar-refractivity contribution is 5.92. The fraction of sp³-hybridized carbons (Fsp3) is 0.857. The van der Waals surface area contributed by atoms with E-state index >= 15 is 0 Å². The molecular weight excluding hydrogens is 301 g/mol. The summed E-state index contributed by atoms with van der Waals surface area (Å²) in [6.07, 6.45) is -1.44. The molecule has 0 radical (unpaired) electrons. The van der Waals surface area contributed by atoms with Crippen LogP contribution in [0.3, 0.4) is 0 Å². The van der Waals surface area contributed by atoms with Gasteiger partial charge in [0.1, 0.15) is 5.54 Å². The highest BCUT2D eigenvalue weighted by atomic mass is 19.4. The molecule has 2 amide bonds. The molecule has 22 heavy (non-hydrogen) atoms. The van der Waals surface area contributed by atoms with Crippen LogP contribution in [0, 0.1) is 0 Å². The van der Waals surface area contributed by atoms with Crippen molar-refractivity contribution < 1.29 is 27.5 Å². The van der Waals surface area contributed by atoms with E-state index in [0.717, 1.165) is 25.7 Å². The van der Waals surface area contributed by atoms with Crippen molar-refractivity contribution in [3.63, 3.8) is 0 Å². The zero-order valence-corrected chi connectivity index (χ0v) is 12.7. The number of fused-ring (bicyclic) bond motifs is 1. The normalized spacial score (nSPS) is 26.3. The smallest absolute Gasteiger partial charge is 0.374 e. The number of carbonyl (C=O) groups is 2. The molecule has 0 bridgehead atoms. The molecule has 1 saturated carbocycles. The summed E-state index contributed by atoms with van der Waals surface area (Å²) in [4.78, 5) is 25.3. The third-order valence-corrected chi connectivity index (χ3v) is 4.21. The van der Waals surface area contributed by atoms with Gasteiger partial charge in [-0.25, -0.2) is 0 Å². The van der Waals surface area contributed by atoms with E-state index in [1.165, 1.54) is 13.8 Å². The van der Waals surface area contributed by atoms with E-state index in [1.807, 2.05) is 0 Å². The van der Waals surface area contributed by atoms with Crippen LogP contribution in [0.5, 0.6) is 0 Å². The number of carbonyl (C=O) groups excluding carboxylic acids is 2. The minimum Gasteiger partial charge on any atom is -0.374 e. The molecule has 1 heterocycles. The largest absolute Gasteiger partial charge is 0.471 e. The van der Waals surface area contributed by atoms with Crippen molar-refractivity contribution >= 4 is 11.8 Å². The number of nitrogens with zero attached hydrogens (tertiary/aromatic N) is 1. The summed E-state index contributed by atoms with van der Waals surface area (Å²) in [7, 11) is 0. The summed E-state index contributed by atoms with van der Waals surface area (Å²) in [6, 6.07) is -0.114. The molecule has 0 aromatic carbocycles. The molecule has 1 aliphatic heterocycles. The Kier molecular flexibility index (Phi) is 4.70. The van der Waals surface area contributed by atoms with Crippen molar-refractivity contribution in [3.8, 4) is 0 Å². The summed E-state index contributed by atoms with van der Waals surface area (Å²) < 4.78 is 42.8. The van der Waals surface area contributed by atoms with E-state index in [-0.39, 0.29) is 12.1 Å². The summed E-state index contributed by atoms with van der Waals surface area (Å²) in [6.45, 7) is 3.31. The van der Waals surface area contributed by atoms with Gasteiger partial charge in [-0.15, -0.1) is 0 Å². The Morgan fingerprint density at radius 3 is 2.45 bits per heavy atom. The number of rotatable bonds is 2. The predicted molar refractivity (Wildman–Crippen MR) is 72.0 cm³/mol. The molecule has 126 valence electrons. The maximum absolute atomic E-state index is 12.6. The van der Waals surface area contributed by atoms with Crippen LogP contribution >= 0.6 is 0 Å². The third kappa shape index (κ3) is 3.53. The van der Waals surface area contributed by atoms with Crippen LogP contribution in [0.4, 0.5) is 13.2 Å². The lowest BCUT2D eigenvalue weighted by atomic mass is 9.88. The summed E-state index contributed by atoms with van der Waals surface area (Å²) in [5, 5.41) is 1.79. The Labute approximate surface area is 127 Å². The molecule has 0 aromatic rings. The first kappa shape index (κ1) is 17.1. The van der Waals surface area contributed by atoms with Gasteiger partial charge in [-0.3, -0.25) is 9.59 Å². The second kappa shape index (κ2) is 6.06. The summed E-state index contributed by atoms with van der Waals surface area (Å²) in [5.74, 6) is -2.59. The molecule has 8 heteroatoms. The second-order valence-electron chi connectivity index (χ2n) is 6.34. The Balaban J connectivity index is 2.09. The molecule has 0 spiro atoms. The SMILES string of the molecule is CC(C)(NC(=O)C(F)(F)F)C(=O)N1CCO[C@H]2CCCC[C@H]21. The molecule has 2 atom stereocenters. The fourth-order valence-electron chi connectivity index (χ4n) is 3.12. The van der Waals surface area contributed by atoms with Crippen molar-refractivity contribution in [2.45, 2.75) is 63.4 Å². The number of ether oxygens (including phenoxy) is 1.